The molecule has 0 unspecified atom stereocenters. The van der Waals surface area contributed by atoms with Crippen LogP contribution in [0.5, 0.6) is 5.75 Å². The summed E-state index contributed by atoms with van der Waals surface area (Å²) in [5.41, 5.74) is 1.75. The summed E-state index contributed by atoms with van der Waals surface area (Å²) in [6.07, 6.45) is 5.16. The first kappa shape index (κ1) is 11.6. The van der Waals surface area contributed by atoms with Crippen LogP contribution >= 0.6 is 0 Å². The third-order valence-corrected chi connectivity index (χ3v) is 2.61. The minimum absolute atomic E-state index is 0.173. The van der Waals surface area contributed by atoms with Gasteiger partial charge in [-0.15, -0.1) is 0 Å². The number of nitrogens with one attached hydrogen (secondary N) is 1. The highest BCUT2D eigenvalue weighted by Gasteiger charge is 2.05. The van der Waals surface area contributed by atoms with Crippen molar-refractivity contribution >= 4 is 17.0 Å². The normalized spacial score (nSPS) is 10.6. The number of imidazole rings is 1. The van der Waals surface area contributed by atoms with Gasteiger partial charge in [-0.05, 0) is 18.6 Å². The van der Waals surface area contributed by atoms with Gasteiger partial charge in [0.15, 0.2) is 0 Å². The van der Waals surface area contributed by atoms with Gasteiger partial charge >= 0.3 is 5.97 Å². The molecule has 0 aliphatic heterocycles. The highest BCUT2D eigenvalue weighted by Crippen LogP contribution is 2.18. The second-order valence-corrected chi connectivity index (χ2v) is 4.01. The number of fused-ring (bicyclic) bond motifs is 1. The Balaban J connectivity index is 1.95. The monoisotopic (exact) mass is 232 g/mol. The molecule has 0 aliphatic rings. The summed E-state index contributed by atoms with van der Waals surface area (Å²) in [7, 11) is 0. The van der Waals surface area contributed by atoms with E-state index in [1.807, 2.05) is 6.07 Å². The van der Waals surface area contributed by atoms with Crippen molar-refractivity contribution in [1.29, 1.82) is 0 Å². The van der Waals surface area contributed by atoms with Crippen LogP contribution in [-0.2, 0) is 4.79 Å². The van der Waals surface area contributed by atoms with Crippen molar-refractivity contribution in [3.8, 4) is 5.75 Å². The van der Waals surface area contributed by atoms with Crippen molar-refractivity contribution in [2.75, 3.05) is 0 Å². The molecule has 2 rings (SSSR count). The second-order valence-electron chi connectivity index (χ2n) is 4.01. The van der Waals surface area contributed by atoms with E-state index in [0.29, 0.717) is 12.2 Å². The van der Waals surface area contributed by atoms with Gasteiger partial charge in [0.25, 0.3) is 0 Å². The van der Waals surface area contributed by atoms with Crippen molar-refractivity contribution in [3.63, 3.8) is 0 Å². The Bertz CT molecular complexity index is 505. The van der Waals surface area contributed by atoms with Crippen LogP contribution in [0.3, 0.4) is 0 Å². The molecule has 1 heterocycles. The molecule has 1 aromatic carbocycles. The number of hydrogen-bond donors (Lipinski definition) is 1. The van der Waals surface area contributed by atoms with E-state index in [4.69, 9.17) is 4.74 Å². The number of benzene rings is 1. The zero-order valence-electron chi connectivity index (χ0n) is 9.90. The van der Waals surface area contributed by atoms with Gasteiger partial charge in [-0.25, -0.2) is 4.98 Å². The number of H-pyrrole nitrogens is 1. The summed E-state index contributed by atoms with van der Waals surface area (Å²) in [6.45, 7) is 2.11. The predicted molar refractivity (Wildman–Crippen MR) is 65.9 cm³/mol. The average Bonchev–Trinajstić information content (AvgIpc) is 2.76. The first-order valence-electron chi connectivity index (χ1n) is 5.93. The minimum Gasteiger partial charge on any atom is -0.426 e. The van der Waals surface area contributed by atoms with Crippen molar-refractivity contribution in [2.24, 2.45) is 0 Å². The van der Waals surface area contributed by atoms with Gasteiger partial charge in [-0.1, -0.05) is 19.8 Å². The summed E-state index contributed by atoms with van der Waals surface area (Å²) in [5, 5.41) is 0. The Hall–Kier alpha value is -1.84. The largest absolute Gasteiger partial charge is 0.426 e. The van der Waals surface area contributed by atoms with E-state index < -0.39 is 0 Å². The van der Waals surface area contributed by atoms with Crippen molar-refractivity contribution < 1.29 is 9.53 Å². The standard InChI is InChI=1S/C13H16N2O2/c1-2-3-4-5-13(16)17-10-6-7-11-12(8-10)15-9-14-11/h6-9H,2-5H2,1H3,(H,14,15). The number of carbonyl (C=O) groups is 1. The smallest absolute Gasteiger partial charge is 0.311 e. The summed E-state index contributed by atoms with van der Waals surface area (Å²) < 4.78 is 5.25. The van der Waals surface area contributed by atoms with Crippen LogP contribution < -0.4 is 4.74 Å². The van der Waals surface area contributed by atoms with Gasteiger partial charge in [0, 0.05) is 12.5 Å². The molecule has 4 heteroatoms. The maximum atomic E-state index is 11.5. The van der Waals surface area contributed by atoms with Crippen LogP contribution in [0.4, 0.5) is 0 Å². The van der Waals surface area contributed by atoms with Crippen molar-refractivity contribution in [2.45, 2.75) is 32.6 Å². The number of hydrogen-bond acceptors (Lipinski definition) is 3. The summed E-state index contributed by atoms with van der Waals surface area (Å²) >= 11 is 0. The van der Waals surface area contributed by atoms with Crippen molar-refractivity contribution in [1.82, 2.24) is 9.97 Å². The highest BCUT2D eigenvalue weighted by atomic mass is 16.5. The summed E-state index contributed by atoms with van der Waals surface area (Å²) in [5.74, 6) is 0.388. The number of rotatable bonds is 5. The molecule has 2 aromatic rings. The Morgan fingerprint density at radius 1 is 1.41 bits per heavy atom. The first-order chi connectivity index (χ1) is 8.29. The van der Waals surface area contributed by atoms with Gasteiger partial charge in [0.05, 0.1) is 17.4 Å². The van der Waals surface area contributed by atoms with Crippen LogP contribution in [0.25, 0.3) is 11.0 Å². The molecule has 0 amide bonds. The van der Waals surface area contributed by atoms with E-state index in [1.54, 1.807) is 18.5 Å². The van der Waals surface area contributed by atoms with Gasteiger partial charge in [0.1, 0.15) is 5.75 Å². The lowest BCUT2D eigenvalue weighted by Gasteiger charge is -2.03. The fraction of sp³-hybridized carbons (Fsp3) is 0.385. The molecular formula is C13H16N2O2. The van der Waals surface area contributed by atoms with Gasteiger partial charge in [0.2, 0.25) is 0 Å². The Kier molecular flexibility index (Phi) is 3.75. The lowest BCUT2D eigenvalue weighted by Crippen LogP contribution is -2.07. The number of ether oxygens (including phenoxy) is 1. The van der Waals surface area contributed by atoms with E-state index in [0.717, 1.165) is 30.3 Å². The topological polar surface area (TPSA) is 55.0 Å². The number of unbranched alkanes of at least 4 members (excludes halogenated alkanes) is 2. The lowest BCUT2D eigenvalue weighted by molar-refractivity contribution is -0.134. The summed E-state index contributed by atoms with van der Waals surface area (Å²) in [6, 6.07) is 5.40. The van der Waals surface area contributed by atoms with E-state index in [1.165, 1.54) is 0 Å². The Labute approximate surface area is 100 Å². The molecule has 0 atom stereocenters. The maximum absolute atomic E-state index is 11.5. The number of esters is 1. The molecule has 1 aromatic heterocycles. The molecule has 0 spiro atoms. The highest BCUT2D eigenvalue weighted by molar-refractivity contribution is 5.78. The van der Waals surface area contributed by atoms with Crippen LogP contribution in [0.15, 0.2) is 24.5 Å². The molecule has 4 nitrogen and oxygen atoms in total. The Morgan fingerprint density at radius 2 is 2.29 bits per heavy atom. The molecule has 0 bridgehead atoms. The van der Waals surface area contributed by atoms with Gasteiger partial charge in [-0.3, -0.25) is 4.79 Å². The molecule has 17 heavy (non-hydrogen) atoms. The SMILES string of the molecule is CCCCCC(=O)Oc1ccc2[nH]cnc2c1. The molecule has 0 radical (unpaired) electrons. The van der Waals surface area contributed by atoms with E-state index >= 15 is 0 Å². The average molecular weight is 232 g/mol. The lowest BCUT2D eigenvalue weighted by atomic mass is 10.2. The third-order valence-electron chi connectivity index (χ3n) is 2.61. The fourth-order valence-corrected chi connectivity index (χ4v) is 1.68. The molecule has 90 valence electrons. The number of carbonyl (C=O) groups excluding carboxylic acids is 1. The number of aromatic amines is 1. The quantitative estimate of drug-likeness (QED) is 0.489. The molecule has 1 N–H and O–H groups in total. The van der Waals surface area contributed by atoms with Crippen LogP contribution in [0.2, 0.25) is 0 Å². The first-order valence-corrected chi connectivity index (χ1v) is 5.93. The van der Waals surface area contributed by atoms with Crippen LogP contribution in [0.1, 0.15) is 32.6 Å². The van der Waals surface area contributed by atoms with Crippen LogP contribution in [0, 0.1) is 0 Å². The minimum atomic E-state index is -0.173. The van der Waals surface area contributed by atoms with Crippen LogP contribution in [-0.4, -0.2) is 15.9 Å². The molecule has 0 saturated heterocycles. The predicted octanol–water partition coefficient (Wildman–Crippen LogP) is 3.05. The fourth-order valence-electron chi connectivity index (χ4n) is 1.68. The maximum Gasteiger partial charge on any atom is 0.311 e. The van der Waals surface area contributed by atoms with E-state index in [2.05, 4.69) is 16.9 Å². The number of nitrogens with zero attached hydrogens (tertiary/aromatic N) is 1. The van der Waals surface area contributed by atoms with Gasteiger partial charge in [-0.2, -0.15) is 0 Å². The molecule has 0 saturated carbocycles. The zero-order valence-corrected chi connectivity index (χ0v) is 9.90. The number of aromatic nitrogens is 2. The zero-order chi connectivity index (χ0) is 12.1. The third kappa shape index (κ3) is 3.06. The molecule has 0 aliphatic carbocycles. The molecule has 0 fully saturated rings. The van der Waals surface area contributed by atoms with E-state index in [9.17, 15) is 4.79 Å². The van der Waals surface area contributed by atoms with Crippen molar-refractivity contribution in [3.05, 3.63) is 24.5 Å². The van der Waals surface area contributed by atoms with Gasteiger partial charge < -0.3 is 9.72 Å². The second kappa shape index (κ2) is 5.48. The summed E-state index contributed by atoms with van der Waals surface area (Å²) in [4.78, 5) is 18.6. The Morgan fingerprint density at radius 3 is 3.12 bits per heavy atom. The molecular weight excluding hydrogens is 216 g/mol. The van der Waals surface area contributed by atoms with E-state index in [-0.39, 0.29) is 5.97 Å².